The van der Waals surface area contributed by atoms with E-state index in [2.05, 4.69) is 4.90 Å². The summed E-state index contributed by atoms with van der Waals surface area (Å²) in [6.07, 6.45) is 5.78. The maximum Gasteiger partial charge on any atom is 0.304 e. The molecule has 1 rings (SSSR count). The van der Waals surface area contributed by atoms with Crippen LogP contribution in [-0.4, -0.2) is 46.3 Å². The molecule has 1 fully saturated rings. The number of hydrogen-bond donors (Lipinski definition) is 2. The topological polar surface area (TPSA) is 60.8 Å². The van der Waals surface area contributed by atoms with Gasteiger partial charge in [0, 0.05) is 12.6 Å². The Morgan fingerprint density at radius 3 is 2.50 bits per heavy atom. The molecule has 4 nitrogen and oxygen atoms in total. The summed E-state index contributed by atoms with van der Waals surface area (Å²) in [5.41, 5.74) is 0. The highest BCUT2D eigenvalue weighted by atomic mass is 16.4. The highest BCUT2D eigenvalue weighted by molar-refractivity contribution is 5.67. The smallest absolute Gasteiger partial charge is 0.304 e. The number of aliphatic carboxylic acids is 1. The van der Waals surface area contributed by atoms with E-state index in [1.54, 1.807) is 0 Å². The van der Waals surface area contributed by atoms with E-state index in [0.717, 1.165) is 13.0 Å². The molecular formula is C14H27NO3. The Kier molecular flexibility index (Phi) is 6.65. The first-order chi connectivity index (χ1) is 8.52. The maximum absolute atomic E-state index is 10.7. The van der Waals surface area contributed by atoms with E-state index in [1.165, 1.54) is 25.7 Å². The molecule has 0 saturated heterocycles. The van der Waals surface area contributed by atoms with Crippen molar-refractivity contribution in [2.45, 2.75) is 64.5 Å². The SMILES string of the molecule is CCN(CC(O)CC1CCCC1)C(C)CC(=O)O. The zero-order valence-electron chi connectivity index (χ0n) is 11.6. The maximum atomic E-state index is 10.7. The molecule has 0 heterocycles. The molecule has 0 aliphatic heterocycles. The number of carboxylic acid groups (broad SMARTS) is 1. The molecular weight excluding hydrogens is 230 g/mol. The second-order valence-electron chi connectivity index (χ2n) is 5.57. The van der Waals surface area contributed by atoms with Crippen LogP contribution in [0.1, 0.15) is 52.4 Å². The van der Waals surface area contributed by atoms with Crippen LogP contribution in [0.25, 0.3) is 0 Å². The lowest BCUT2D eigenvalue weighted by atomic mass is 9.99. The molecule has 0 aromatic heterocycles. The minimum absolute atomic E-state index is 0.00859. The first kappa shape index (κ1) is 15.4. The van der Waals surface area contributed by atoms with Crippen LogP contribution >= 0.6 is 0 Å². The Morgan fingerprint density at radius 1 is 1.39 bits per heavy atom. The van der Waals surface area contributed by atoms with Gasteiger partial charge in [0.15, 0.2) is 0 Å². The third-order valence-electron chi connectivity index (χ3n) is 4.02. The van der Waals surface area contributed by atoms with Crippen LogP contribution in [0.15, 0.2) is 0 Å². The minimum Gasteiger partial charge on any atom is -0.481 e. The van der Waals surface area contributed by atoms with Crippen LogP contribution in [0, 0.1) is 5.92 Å². The van der Waals surface area contributed by atoms with E-state index in [1.807, 2.05) is 13.8 Å². The van der Waals surface area contributed by atoms with Crippen LogP contribution in [0.5, 0.6) is 0 Å². The summed E-state index contributed by atoms with van der Waals surface area (Å²) >= 11 is 0. The molecule has 2 atom stereocenters. The number of aliphatic hydroxyl groups is 1. The molecule has 1 saturated carbocycles. The third-order valence-corrected chi connectivity index (χ3v) is 4.02. The summed E-state index contributed by atoms with van der Waals surface area (Å²) in [6, 6.07) is -0.00859. The van der Waals surface area contributed by atoms with Crippen LogP contribution in [0.2, 0.25) is 0 Å². The Balaban J connectivity index is 2.33. The fourth-order valence-corrected chi connectivity index (χ4v) is 2.98. The fourth-order valence-electron chi connectivity index (χ4n) is 2.98. The number of carbonyl (C=O) groups is 1. The summed E-state index contributed by atoms with van der Waals surface area (Å²) < 4.78 is 0. The average Bonchev–Trinajstić information content (AvgIpc) is 2.77. The molecule has 0 aromatic carbocycles. The van der Waals surface area contributed by atoms with E-state index in [0.29, 0.717) is 12.5 Å². The van der Waals surface area contributed by atoms with Crippen molar-refractivity contribution in [2.75, 3.05) is 13.1 Å². The van der Waals surface area contributed by atoms with Crippen molar-refractivity contribution < 1.29 is 15.0 Å². The molecule has 0 aromatic rings. The number of aliphatic hydroxyl groups excluding tert-OH is 1. The van der Waals surface area contributed by atoms with Gasteiger partial charge in [-0.3, -0.25) is 9.69 Å². The standard InChI is InChI=1S/C14H27NO3/c1-3-15(11(2)8-14(17)18)10-13(16)9-12-6-4-5-7-12/h11-13,16H,3-10H2,1-2H3,(H,17,18). The van der Waals surface area contributed by atoms with E-state index in [4.69, 9.17) is 5.11 Å². The Morgan fingerprint density at radius 2 is 2.00 bits per heavy atom. The molecule has 2 N–H and O–H groups in total. The lowest BCUT2D eigenvalue weighted by molar-refractivity contribution is -0.138. The van der Waals surface area contributed by atoms with E-state index < -0.39 is 5.97 Å². The van der Waals surface area contributed by atoms with Gasteiger partial charge in [-0.1, -0.05) is 32.6 Å². The molecule has 2 unspecified atom stereocenters. The van der Waals surface area contributed by atoms with Crippen molar-refractivity contribution in [3.8, 4) is 0 Å². The lowest BCUT2D eigenvalue weighted by Crippen LogP contribution is -2.40. The largest absolute Gasteiger partial charge is 0.481 e. The van der Waals surface area contributed by atoms with Gasteiger partial charge in [-0.2, -0.15) is 0 Å². The molecule has 0 radical (unpaired) electrons. The van der Waals surface area contributed by atoms with Crippen LogP contribution < -0.4 is 0 Å². The molecule has 1 aliphatic carbocycles. The minimum atomic E-state index is -0.772. The first-order valence-electron chi connectivity index (χ1n) is 7.16. The first-order valence-corrected chi connectivity index (χ1v) is 7.16. The lowest BCUT2D eigenvalue weighted by Gasteiger charge is -2.29. The fraction of sp³-hybridized carbons (Fsp3) is 0.929. The van der Waals surface area contributed by atoms with Gasteiger partial charge in [0.05, 0.1) is 12.5 Å². The molecule has 0 bridgehead atoms. The van der Waals surface area contributed by atoms with E-state index >= 15 is 0 Å². The van der Waals surface area contributed by atoms with Gasteiger partial charge in [0.1, 0.15) is 0 Å². The van der Waals surface area contributed by atoms with E-state index in [-0.39, 0.29) is 18.6 Å². The molecule has 0 spiro atoms. The average molecular weight is 257 g/mol. The van der Waals surface area contributed by atoms with Crippen molar-refractivity contribution in [3.05, 3.63) is 0 Å². The van der Waals surface area contributed by atoms with Crippen LogP contribution in [0.4, 0.5) is 0 Å². The highest BCUT2D eigenvalue weighted by Crippen LogP contribution is 2.28. The zero-order valence-corrected chi connectivity index (χ0v) is 11.6. The summed E-state index contributed by atoms with van der Waals surface area (Å²) in [7, 11) is 0. The molecule has 4 heteroatoms. The molecule has 18 heavy (non-hydrogen) atoms. The highest BCUT2D eigenvalue weighted by Gasteiger charge is 2.22. The van der Waals surface area contributed by atoms with E-state index in [9.17, 15) is 9.90 Å². The molecule has 106 valence electrons. The Labute approximate surface area is 110 Å². The van der Waals surface area contributed by atoms with Crippen molar-refractivity contribution in [1.29, 1.82) is 0 Å². The molecule has 1 aliphatic rings. The van der Waals surface area contributed by atoms with Gasteiger partial charge < -0.3 is 10.2 Å². The van der Waals surface area contributed by atoms with Crippen LogP contribution in [0.3, 0.4) is 0 Å². The van der Waals surface area contributed by atoms with Crippen molar-refractivity contribution in [1.82, 2.24) is 4.90 Å². The van der Waals surface area contributed by atoms with Gasteiger partial charge in [-0.15, -0.1) is 0 Å². The Bertz CT molecular complexity index is 251. The van der Waals surface area contributed by atoms with Crippen molar-refractivity contribution >= 4 is 5.97 Å². The quantitative estimate of drug-likeness (QED) is 0.699. The Hall–Kier alpha value is -0.610. The monoisotopic (exact) mass is 257 g/mol. The predicted molar refractivity (Wildman–Crippen MR) is 71.5 cm³/mol. The summed E-state index contributed by atoms with van der Waals surface area (Å²) in [6.45, 7) is 5.32. The number of hydrogen-bond acceptors (Lipinski definition) is 3. The van der Waals surface area contributed by atoms with Crippen molar-refractivity contribution in [3.63, 3.8) is 0 Å². The number of rotatable bonds is 8. The van der Waals surface area contributed by atoms with Gasteiger partial charge in [0.25, 0.3) is 0 Å². The zero-order chi connectivity index (χ0) is 13.5. The number of likely N-dealkylation sites (N-methyl/N-ethyl adjacent to an activating group) is 1. The summed E-state index contributed by atoms with van der Waals surface area (Å²) in [5, 5.41) is 18.9. The summed E-state index contributed by atoms with van der Waals surface area (Å²) in [5.74, 6) is -0.0975. The number of nitrogens with zero attached hydrogens (tertiary/aromatic N) is 1. The van der Waals surface area contributed by atoms with Crippen LogP contribution in [-0.2, 0) is 4.79 Å². The van der Waals surface area contributed by atoms with Gasteiger partial charge >= 0.3 is 5.97 Å². The normalized spacial score (nSPS) is 20.2. The molecule has 0 amide bonds. The van der Waals surface area contributed by atoms with Gasteiger partial charge in [-0.05, 0) is 25.8 Å². The number of carboxylic acids is 1. The van der Waals surface area contributed by atoms with Gasteiger partial charge in [0.2, 0.25) is 0 Å². The van der Waals surface area contributed by atoms with Gasteiger partial charge in [-0.25, -0.2) is 0 Å². The third kappa shape index (κ3) is 5.36. The van der Waals surface area contributed by atoms with Crippen molar-refractivity contribution in [2.24, 2.45) is 5.92 Å². The second-order valence-corrected chi connectivity index (χ2v) is 5.57. The summed E-state index contributed by atoms with van der Waals surface area (Å²) in [4.78, 5) is 12.8. The predicted octanol–water partition coefficient (Wildman–Crippen LogP) is 2.11. The second kappa shape index (κ2) is 7.74.